The van der Waals surface area contributed by atoms with Crippen LogP contribution in [0.15, 0.2) is 18.2 Å². The van der Waals surface area contributed by atoms with Gasteiger partial charge in [0.1, 0.15) is 11.5 Å². The topological polar surface area (TPSA) is 95.7 Å². The number of benzene rings is 1. The molecule has 1 aliphatic carbocycles. The normalized spacial score (nSPS) is 25.0. The summed E-state index contributed by atoms with van der Waals surface area (Å²) in [4.78, 5) is 12.6. The third-order valence-corrected chi connectivity index (χ3v) is 5.80. The molecule has 2 unspecified atom stereocenters. The Labute approximate surface area is 155 Å². The highest BCUT2D eigenvalue weighted by atomic mass is 32.2. The van der Waals surface area contributed by atoms with Crippen molar-refractivity contribution in [1.29, 1.82) is 0 Å². The average molecular weight is 381 g/mol. The number of carbonyl (C=O) groups is 1. The maximum atomic E-state index is 12.6. The van der Waals surface area contributed by atoms with Crippen LogP contribution in [0.2, 0.25) is 0 Å². The van der Waals surface area contributed by atoms with E-state index in [1.165, 1.54) is 38.2 Å². The molecule has 2 N–H and O–H groups in total. The summed E-state index contributed by atoms with van der Waals surface area (Å²) in [6.45, 7) is 0. The molecule has 1 aromatic rings. The van der Waals surface area contributed by atoms with E-state index in [0.717, 1.165) is 37.7 Å². The second kappa shape index (κ2) is 8.39. The number of rotatable bonds is 2. The molecule has 6 nitrogen and oxygen atoms in total. The Bertz CT molecular complexity index is 746. The molecule has 144 valence electrons. The van der Waals surface area contributed by atoms with Gasteiger partial charge in [-0.25, -0.2) is 0 Å². The molecule has 1 fully saturated rings. The maximum Gasteiger partial charge on any atom is 0.380 e. The zero-order valence-corrected chi connectivity index (χ0v) is 15.8. The largest absolute Gasteiger partial charge is 0.426 e. The van der Waals surface area contributed by atoms with Crippen LogP contribution in [0.1, 0.15) is 75.7 Å². The highest BCUT2D eigenvalue weighted by Crippen LogP contribution is 2.44. The van der Waals surface area contributed by atoms with Gasteiger partial charge < -0.3 is 8.92 Å². The number of esters is 1. The predicted octanol–water partition coefficient (Wildman–Crippen LogP) is 3.80. The number of carbonyl (C=O) groups excluding carboxylic acids is 1. The van der Waals surface area contributed by atoms with Crippen molar-refractivity contribution in [2.75, 3.05) is 0 Å². The summed E-state index contributed by atoms with van der Waals surface area (Å²) in [5, 5.41) is 4.92. The van der Waals surface area contributed by atoms with Crippen molar-refractivity contribution in [3.8, 4) is 11.5 Å². The lowest BCUT2D eigenvalue weighted by Crippen LogP contribution is -2.32. The Balaban J connectivity index is 1.85. The summed E-state index contributed by atoms with van der Waals surface area (Å²) in [5.41, 5.74) is 0.966. The molecule has 3 rings (SSSR count). The Morgan fingerprint density at radius 2 is 1.50 bits per heavy atom. The van der Waals surface area contributed by atoms with Gasteiger partial charge in [-0.15, -0.1) is 0 Å². The molecule has 26 heavy (non-hydrogen) atoms. The van der Waals surface area contributed by atoms with E-state index in [1.54, 1.807) is 6.07 Å². The monoisotopic (exact) mass is 381 g/mol. The first kappa shape index (κ1) is 19.2. The van der Waals surface area contributed by atoms with Gasteiger partial charge in [-0.2, -0.15) is 13.6 Å². The van der Waals surface area contributed by atoms with E-state index in [-0.39, 0.29) is 23.6 Å². The quantitative estimate of drug-likeness (QED) is 0.621. The first-order valence-corrected chi connectivity index (χ1v) is 11.0. The van der Waals surface area contributed by atoms with Crippen molar-refractivity contribution >= 4 is 16.3 Å². The number of hydrogen-bond donors (Lipinski definition) is 1. The average Bonchev–Trinajstić information content (AvgIpc) is 2.54. The van der Waals surface area contributed by atoms with Crippen LogP contribution in [0, 0.1) is 5.92 Å². The fourth-order valence-corrected chi connectivity index (χ4v) is 4.50. The highest BCUT2D eigenvalue weighted by molar-refractivity contribution is 7.84. The van der Waals surface area contributed by atoms with Crippen LogP contribution >= 0.6 is 0 Å². The Morgan fingerprint density at radius 1 is 0.923 bits per heavy atom. The molecule has 1 aliphatic heterocycles. The van der Waals surface area contributed by atoms with Crippen LogP contribution in [-0.2, 0) is 15.1 Å². The van der Waals surface area contributed by atoms with Gasteiger partial charge in [0.15, 0.2) is 0 Å². The number of ether oxygens (including phenoxy) is 1. The third-order valence-electron chi connectivity index (χ3n) is 5.38. The molecule has 2 atom stereocenters. The van der Waals surface area contributed by atoms with Crippen LogP contribution in [-0.4, -0.2) is 14.4 Å². The lowest BCUT2D eigenvalue weighted by atomic mass is 9.77. The lowest BCUT2D eigenvalue weighted by molar-refractivity contribution is -0.141. The first-order chi connectivity index (χ1) is 12.4. The molecule has 2 aliphatic rings. The number of nitrogens with two attached hydrogens (primary N) is 1. The van der Waals surface area contributed by atoms with Crippen molar-refractivity contribution in [1.82, 2.24) is 0 Å². The summed E-state index contributed by atoms with van der Waals surface area (Å²) >= 11 is 0. The second-order valence-corrected chi connectivity index (χ2v) is 8.47. The van der Waals surface area contributed by atoms with Crippen LogP contribution in [0.5, 0.6) is 11.5 Å². The minimum Gasteiger partial charge on any atom is -0.426 e. The summed E-state index contributed by atoms with van der Waals surface area (Å²) < 4.78 is 32.5. The van der Waals surface area contributed by atoms with Gasteiger partial charge in [-0.3, -0.25) is 4.79 Å². The van der Waals surface area contributed by atoms with Crippen LogP contribution in [0.25, 0.3) is 0 Å². The lowest BCUT2D eigenvalue weighted by Gasteiger charge is -2.32. The molecule has 1 aromatic carbocycles. The Hall–Kier alpha value is -1.60. The van der Waals surface area contributed by atoms with E-state index in [4.69, 9.17) is 14.1 Å². The zero-order valence-electron chi connectivity index (χ0n) is 15.0. The molecule has 0 bridgehead atoms. The fraction of sp³-hybridized carbons (Fsp3) is 0.632. The zero-order chi connectivity index (χ0) is 18.6. The molecule has 0 radical (unpaired) electrons. The van der Waals surface area contributed by atoms with Crippen LogP contribution in [0.4, 0.5) is 0 Å². The third kappa shape index (κ3) is 4.98. The van der Waals surface area contributed by atoms with E-state index in [1.807, 2.05) is 6.07 Å². The van der Waals surface area contributed by atoms with Crippen molar-refractivity contribution in [2.24, 2.45) is 11.1 Å². The number of fused-ring (bicyclic) bond motifs is 3. The second-order valence-electron chi connectivity index (χ2n) is 7.32. The van der Waals surface area contributed by atoms with E-state index in [2.05, 4.69) is 0 Å². The van der Waals surface area contributed by atoms with Crippen molar-refractivity contribution < 1.29 is 22.1 Å². The Morgan fingerprint density at radius 3 is 2.12 bits per heavy atom. The maximum absolute atomic E-state index is 12.6. The molecule has 1 saturated carbocycles. The molecule has 0 aromatic heterocycles. The molecular formula is C19H27NO5S. The van der Waals surface area contributed by atoms with Gasteiger partial charge in [0, 0.05) is 12.0 Å². The molecule has 0 amide bonds. The molecule has 0 saturated heterocycles. The minimum absolute atomic E-state index is 0.0608. The minimum atomic E-state index is -4.11. The van der Waals surface area contributed by atoms with Crippen LogP contribution in [0.3, 0.4) is 0 Å². The summed E-state index contributed by atoms with van der Waals surface area (Å²) in [6, 6.07) is 4.84. The van der Waals surface area contributed by atoms with Crippen LogP contribution < -0.4 is 14.1 Å². The smallest absolute Gasteiger partial charge is 0.380 e. The van der Waals surface area contributed by atoms with Gasteiger partial charge in [0.25, 0.3) is 0 Å². The molecule has 0 spiro atoms. The molecule has 7 heteroatoms. The van der Waals surface area contributed by atoms with Gasteiger partial charge >= 0.3 is 16.3 Å². The van der Waals surface area contributed by atoms with E-state index in [9.17, 15) is 13.2 Å². The predicted molar refractivity (Wildman–Crippen MR) is 98.2 cm³/mol. The summed E-state index contributed by atoms with van der Waals surface area (Å²) in [5.74, 6) is 0.239. The Kier molecular flexibility index (Phi) is 6.19. The summed E-state index contributed by atoms with van der Waals surface area (Å²) in [6.07, 6.45) is 11.3. The number of hydrogen-bond acceptors (Lipinski definition) is 5. The van der Waals surface area contributed by atoms with E-state index < -0.39 is 10.3 Å². The molecule has 1 heterocycles. The standard InChI is InChI=1S/C19H27NO5S/c20-26(22,23)25-14-11-12-16-15-9-7-5-3-1-2-4-6-8-10-17(15)19(21)24-18(16)13-14/h11-13,15,17H,1-10H2,(H2,20,22,23). The first-order valence-electron chi connectivity index (χ1n) is 9.52. The van der Waals surface area contributed by atoms with Gasteiger partial charge in [-0.05, 0) is 24.5 Å². The van der Waals surface area contributed by atoms with Gasteiger partial charge in [0.2, 0.25) is 0 Å². The van der Waals surface area contributed by atoms with Crippen molar-refractivity contribution in [3.05, 3.63) is 23.8 Å². The molecular weight excluding hydrogens is 354 g/mol. The highest BCUT2D eigenvalue weighted by Gasteiger charge is 2.37. The van der Waals surface area contributed by atoms with E-state index >= 15 is 0 Å². The van der Waals surface area contributed by atoms with E-state index in [0.29, 0.717) is 5.75 Å². The fourth-order valence-electron chi connectivity index (χ4n) is 4.13. The van der Waals surface area contributed by atoms with Crippen molar-refractivity contribution in [3.63, 3.8) is 0 Å². The summed E-state index contributed by atoms with van der Waals surface area (Å²) in [7, 11) is -4.11. The van der Waals surface area contributed by atoms with Gasteiger partial charge in [0.05, 0.1) is 5.92 Å². The van der Waals surface area contributed by atoms with Gasteiger partial charge in [-0.1, -0.05) is 57.4 Å². The SMILES string of the molecule is NS(=O)(=O)Oc1ccc2c(c1)OC(=O)C1CCCCCCCCCCC21. The van der Waals surface area contributed by atoms with Crippen molar-refractivity contribution in [2.45, 2.75) is 70.1 Å².